The fraction of sp³-hybridized carbons (Fsp3) is 0.333. The topological polar surface area (TPSA) is 148 Å². The van der Waals surface area contributed by atoms with Crippen LogP contribution < -0.4 is 15.5 Å². The van der Waals surface area contributed by atoms with Crippen LogP contribution in [0.3, 0.4) is 0 Å². The monoisotopic (exact) mass is 527 g/mol. The van der Waals surface area contributed by atoms with Gasteiger partial charge in [-0.3, -0.25) is 14.5 Å². The fourth-order valence-electron chi connectivity index (χ4n) is 4.77. The van der Waals surface area contributed by atoms with Crippen LogP contribution in [0, 0.1) is 0 Å². The molecular formula is C27H29N9O3. The molecule has 1 saturated heterocycles. The number of nitrogens with one attached hydrogen (secondary N) is 2. The van der Waals surface area contributed by atoms with E-state index in [1.54, 1.807) is 12.1 Å². The van der Waals surface area contributed by atoms with E-state index in [2.05, 4.69) is 40.4 Å². The maximum absolute atomic E-state index is 12.5. The molecule has 2 aliphatic heterocycles. The zero-order chi connectivity index (χ0) is 27.0. The molecule has 0 bridgehead atoms. The summed E-state index contributed by atoms with van der Waals surface area (Å²) in [7, 11) is 0. The number of aromatic nitrogens is 2. The molecule has 2 aromatic carbocycles. The van der Waals surface area contributed by atoms with E-state index < -0.39 is 5.91 Å². The van der Waals surface area contributed by atoms with Gasteiger partial charge in [0, 0.05) is 65.7 Å². The number of rotatable bonds is 9. The summed E-state index contributed by atoms with van der Waals surface area (Å²) in [5.74, 6) is -0.0317. The first-order valence-electron chi connectivity index (χ1n) is 12.9. The lowest BCUT2D eigenvalue weighted by atomic mass is 10.1. The van der Waals surface area contributed by atoms with Crippen LogP contribution in [-0.2, 0) is 20.7 Å². The number of morpholine rings is 1. The quantitative estimate of drug-likeness (QED) is 0.142. The van der Waals surface area contributed by atoms with Gasteiger partial charge in [0.25, 0.3) is 0 Å². The van der Waals surface area contributed by atoms with Crippen molar-refractivity contribution in [1.82, 2.24) is 20.2 Å². The Morgan fingerprint density at radius 2 is 1.92 bits per heavy atom. The van der Waals surface area contributed by atoms with Crippen LogP contribution in [0.25, 0.3) is 21.3 Å². The minimum absolute atomic E-state index is 0.311. The van der Waals surface area contributed by atoms with Gasteiger partial charge in [-0.15, -0.1) is 0 Å². The van der Waals surface area contributed by atoms with E-state index in [0.717, 1.165) is 67.8 Å². The largest absolute Gasteiger partial charge is 0.379 e. The van der Waals surface area contributed by atoms with Crippen LogP contribution >= 0.6 is 0 Å². The molecule has 3 aromatic rings. The molecule has 12 nitrogen and oxygen atoms in total. The average Bonchev–Trinajstić information content (AvgIpc) is 3.38. The summed E-state index contributed by atoms with van der Waals surface area (Å²) in [6, 6.07) is 11.0. The Hall–Kier alpha value is -4.51. The highest BCUT2D eigenvalue weighted by atomic mass is 16.5. The molecule has 12 heteroatoms. The highest BCUT2D eigenvalue weighted by molar-refractivity contribution is 6.05. The Morgan fingerprint density at radius 1 is 1.08 bits per heavy atom. The highest BCUT2D eigenvalue weighted by Crippen LogP contribution is 2.39. The van der Waals surface area contributed by atoms with E-state index in [1.165, 1.54) is 18.5 Å². The van der Waals surface area contributed by atoms with Crippen molar-refractivity contribution in [2.45, 2.75) is 12.8 Å². The zero-order valence-corrected chi connectivity index (χ0v) is 21.4. The number of amides is 2. The zero-order valence-electron chi connectivity index (χ0n) is 21.4. The fourth-order valence-corrected chi connectivity index (χ4v) is 4.77. The van der Waals surface area contributed by atoms with Gasteiger partial charge in [0.2, 0.25) is 11.8 Å². The Morgan fingerprint density at radius 3 is 2.77 bits per heavy atom. The van der Waals surface area contributed by atoms with Gasteiger partial charge in [-0.1, -0.05) is 17.2 Å². The average molecular weight is 528 g/mol. The highest BCUT2D eigenvalue weighted by Gasteiger charge is 2.23. The van der Waals surface area contributed by atoms with Gasteiger partial charge in [0.1, 0.15) is 12.1 Å². The van der Waals surface area contributed by atoms with Gasteiger partial charge in [0.05, 0.1) is 18.7 Å². The SMILES string of the molecule is [N-]=[N+]=Nc1ccc2c(c1)N(c1ncnc3ccc(NC(=O)/C=C/C(=O)NCCCN4CCOCC4)cc13)CC2. The summed E-state index contributed by atoms with van der Waals surface area (Å²) in [5.41, 5.74) is 12.7. The number of anilines is 3. The van der Waals surface area contributed by atoms with Gasteiger partial charge in [-0.25, -0.2) is 9.97 Å². The summed E-state index contributed by atoms with van der Waals surface area (Å²) < 4.78 is 5.34. The maximum atomic E-state index is 12.5. The Labute approximate surface area is 225 Å². The molecule has 200 valence electrons. The summed E-state index contributed by atoms with van der Waals surface area (Å²) >= 11 is 0. The third kappa shape index (κ3) is 6.50. The number of fused-ring (bicyclic) bond motifs is 2. The van der Waals surface area contributed by atoms with Crippen LogP contribution in [0.5, 0.6) is 0 Å². The van der Waals surface area contributed by atoms with Crippen LogP contribution in [-0.4, -0.2) is 72.6 Å². The molecule has 2 amide bonds. The number of nitrogens with zero attached hydrogens (tertiary/aromatic N) is 7. The van der Waals surface area contributed by atoms with Crippen molar-refractivity contribution in [3.05, 3.63) is 70.9 Å². The van der Waals surface area contributed by atoms with Crippen molar-refractivity contribution in [3.63, 3.8) is 0 Å². The molecule has 0 saturated carbocycles. The molecule has 0 radical (unpaired) electrons. The molecule has 2 N–H and O–H groups in total. The lowest BCUT2D eigenvalue weighted by Gasteiger charge is -2.26. The lowest BCUT2D eigenvalue weighted by Crippen LogP contribution is -2.38. The minimum Gasteiger partial charge on any atom is -0.379 e. The molecule has 3 heterocycles. The van der Waals surface area contributed by atoms with Crippen LogP contribution in [0.15, 0.2) is 60.0 Å². The molecular weight excluding hydrogens is 498 g/mol. The Balaban J connectivity index is 1.22. The number of ether oxygens (including phenoxy) is 1. The third-order valence-electron chi connectivity index (χ3n) is 6.70. The first-order valence-corrected chi connectivity index (χ1v) is 12.9. The van der Waals surface area contributed by atoms with Gasteiger partial charge < -0.3 is 20.3 Å². The van der Waals surface area contributed by atoms with E-state index in [9.17, 15) is 9.59 Å². The third-order valence-corrected chi connectivity index (χ3v) is 6.70. The van der Waals surface area contributed by atoms with Crippen molar-refractivity contribution in [2.75, 3.05) is 56.2 Å². The van der Waals surface area contributed by atoms with Crippen molar-refractivity contribution in [3.8, 4) is 0 Å². The second kappa shape index (κ2) is 12.4. The van der Waals surface area contributed by atoms with E-state index in [0.29, 0.717) is 30.3 Å². The first kappa shape index (κ1) is 26.1. The predicted molar refractivity (Wildman–Crippen MR) is 148 cm³/mol. The predicted octanol–water partition coefficient (Wildman–Crippen LogP) is 3.60. The molecule has 1 aromatic heterocycles. The number of benzene rings is 2. The first-order chi connectivity index (χ1) is 19.1. The van der Waals surface area contributed by atoms with Gasteiger partial charge in [0.15, 0.2) is 0 Å². The van der Waals surface area contributed by atoms with Crippen molar-refractivity contribution in [1.29, 1.82) is 0 Å². The number of hydrogen-bond donors (Lipinski definition) is 2. The summed E-state index contributed by atoms with van der Waals surface area (Å²) in [6.45, 7) is 5.49. The van der Waals surface area contributed by atoms with E-state index in [1.807, 2.05) is 24.3 Å². The number of carbonyl (C=O) groups excluding carboxylic acids is 2. The summed E-state index contributed by atoms with van der Waals surface area (Å²) in [4.78, 5) is 40.8. The lowest BCUT2D eigenvalue weighted by molar-refractivity contribution is -0.117. The summed E-state index contributed by atoms with van der Waals surface area (Å²) in [5, 5.41) is 10.1. The molecule has 39 heavy (non-hydrogen) atoms. The molecule has 0 unspecified atom stereocenters. The van der Waals surface area contributed by atoms with Crippen molar-refractivity contribution in [2.24, 2.45) is 5.11 Å². The Bertz CT molecular complexity index is 1450. The molecule has 5 rings (SSSR count). The second-order valence-electron chi connectivity index (χ2n) is 9.25. The number of carbonyl (C=O) groups is 2. The molecule has 1 fully saturated rings. The van der Waals surface area contributed by atoms with E-state index >= 15 is 0 Å². The van der Waals surface area contributed by atoms with Crippen LogP contribution in [0.4, 0.5) is 22.9 Å². The van der Waals surface area contributed by atoms with Gasteiger partial charge >= 0.3 is 0 Å². The van der Waals surface area contributed by atoms with E-state index in [-0.39, 0.29) is 5.91 Å². The number of hydrogen-bond acceptors (Lipinski definition) is 8. The molecule has 0 atom stereocenters. The molecule has 0 spiro atoms. The summed E-state index contributed by atoms with van der Waals surface area (Å²) in [6.07, 6.45) is 5.63. The van der Waals surface area contributed by atoms with Crippen molar-refractivity contribution >= 4 is 45.6 Å². The van der Waals surface area contributed by atoms with E-state index in [4.69, 9.17) is 10.3 Å². The van der Waals surface area contributed by atoms with Gasteiger partial charge in [-0.05, 0) is 54.7 Å². The van der Waals surface area contributed by atoms with Crippen LogP contribution in [0.1, 0.15) is 12.0 Å². The second-order valence-corrected chi connectivity index (χ2v) is 9.25. The molecule has 2 aliphatic rings. The Kier molecular flexibility index (Phi) is 8.27. The minimum atomic E-state index is -0.415. The van der Waals surface area contributed by atoms with Crippen LogP contribution in [0.2, 0.25) is 0 Å². The smallest absolute Gasteiger partial charge is 0.248 e. The number of azide groups is 1. The van der Waals surface area contributed by atoms with Crippen molar-refractivity contribution < 1.29 is 14.3 Å². The maximum Gasteiger partial charge on any atom is 0.248 e. The standard InChI is InChI=1S/C27H29N9O3/c28-34-33-21-3-2-19-8-11-36(24(19)17-21)27-22-16-20(4-5-23(22)30-18-31-27)32-26(38)7-6-25(37)29-9-1-10-35-12-14-39-15-13-35/h2-7,16-18H,1,8-15H2,(H,29,37)(H,32,38)/b7-6+. The van der Waals surface area contributed by atoms with Gasteiger partial charge in [-0.2, -0.15) is 0 Å². The molecule has 0 aliphatic carbocycles. The normalized spacial score (nSPS) is 15.2.